The normalized spacial score (nSPS) is 15.5. The summed E-state index contributed by atoms with van der Waals surface area (Å²) in [5.74, 6) is 0.651. The Hall–Kier alpha value is -0.880. The molecule has 0 amide bonds. The molecule has 0 spiro atoms. The van der Waals surface area contributed by atoms with Gasteiger partial charge in [0.2, 0.25) is 5.17 Å². The van der Waals surface area contributed by atoms with Crippen molar-refractivity contribution in [2.24, 2.45) is 4.99 Å². The van der Waals surface area contributed by atoms with E-state index < -0.39 is 30.3 Å². The second kappa shape index (κ2) is 6.55. The van der Waals surface area contributed by atoms with E-state index in [0.29, 0.717) is 29.6 Å². The molecule has 0 unspecified atom stereocenters. The number of benzene rings is 1. The van der Waals surface area contributed by atoms with Crippen LogP contribution in [0.15, 0.2) is 22.0 Å². The molecular formula is C10H8Cl2F3N3O3S2. The van der Waals surface area contributed by atoms with Crippen LogP contribution in [0.4, 0.5) is 18.9 Å². The summed E-state index contributed by atoms with van der Waals surface area (Å²) in [7, 11) is -5.58. The number of hydrogen-bond acceptors (Lipinski definition) is 7. The second-order valence-corrected chi connectivity index (χ2v) is 7.97. The van der Waals surface area contributed by atoms with Gasteiger partial charge in [-0.25, -0.2) is 8.42 Å². The lowest BCUT2D eigenvalue weighted by atomic mass is 10.3. The van der Waals surface area contributed by atoms with Gasteiger partial charge in [0.15, 0.2) is 0 Å². The Morgan fingerprint density at radius 2 is 1.87 bits per heavy atom. The number of rotatable bonds is 3. The molecule has 1 aromatic rings. The molecule has 2 N–H and O–H groups in total. The summed E-state index contributed by atoms with van der Waals surface area (Å²) in [6, 6.07) is 1.19. The van der Waals surface area contributed by atoms with Crippen molar-refractivity contribution < 1.29 is 26.8 Å². The van der Waals surface area contributed by atoms with Crippen LogP contribution in [0.2, 0.25) is 10.0 Å². The van der Waals surface area contributed by atoms with Crippen LogP contribution < -0.4 is 5.43 Å². The number of hydroxylamine groups is 1. The number of nitrogens with one attached hydrogen (secondary N) is 1. The first-order valence-corrected chi connectivity index (χ1v) is 9.00. The van der Waals surface area contributed by atoms with Gasteiger partial charge in [0, 0.05) is 5.75 Å². The molecule has 1 aliphatic heterocycles. The predicted octanol–water partition coefficient (Wildman–Crippen LogP) is 3.41. The highest BCUT2D eigenvalue weighted by atomic mass is 35.5. The third-order valence-electron chi connectivity index (χ3n) is 2.60. The maximum absolute atomic E-state index is 12.5. The van der Waals surface area contributed by atoms with Crippen LogP contribution in [0.5, 0.6) is 0 Å². The molecule has 1 aromatic carbocycles. The summed E-state index contributed by atoms with van der Waals surface area (Å²) in [6.45, 7) is 0.489. The summed E-state index contributed by atoms with van der Waals surface area (Å²) in [5.41, 5.74) is -3.30. The van der Waals surface area contributed by atoms with E-state index in [1.54, 1.807) is 0 Å². The van der Waals surface area contributed by atoms with Crippen molar-refractivity contribution >= 4 is 55.7 Å². The lowest BCUT2D eigenvalue weighted by Gasteiger charge is -2.20. The van der Waals surface area contributed by atoms with Gasteiger partial charge < -0.3 is 0 Å². The predicted molar refractivity (Wildman–Crippen MR) is 81.7 cm³/mol. The third-order valence-corrected chi connectivity index (χ3v) is 5.61. The van der Waals surface area contributed by atoms with Crippen LogP contribution >= 0.6 is 35.0 Å². The lowest BCUT2D eigenvalue weighted by Crippen LogP contribution is -2.30. The molecule has 23 heavy (non-hydrogen) atoms. The van der Waals surface area contributed by atoms with Crippen molar-refractivity contribution in [2.75, 3.05) is 17.7 Å². The molecule has 0 aliphatic carbocycles. The minimum atomic E-state index is -5.58. The Balaban J connectivity index is 2.35. The minimum absolute atomic E-state index is 0.160. The molecule has 6 nitrogen and oxygen atoms in total. The van der Waals surface area contributed by atoms with E-state index in [9.17, 15) is 26.8 Å². The molecule has 2 rings (SSSR count). The number of thioether (sulfide) groups is 1. The topological polar surface area (TPSA) is 82.0 Å². The smallest absolute Gasteiger partial charge is 0.270 e. The number of nitrogens with zero attached hydrogens (tertiary/aromatic N) is 2. The van der Waals surface area contributed by atoms with Crippen molar-refractivity contribution in [3.05, 3.63) is 22.2 Å². The molecule has 1 heterocycles. The molecule has 0 saturated heterocycles. The van der Waals surface area contributed by atoms with Gasteiger partial charge in [0.1, 0.15) is 0 Å². The molecule has 0 atom stereocenters. The third kappa shape index (κ3) is 3.79. The van der Waals surface area contributed by atoms with Gasteiger partial charge >= 0.3 is 5.51 Å². The Bertz CT molecular complexity index is 732. The largest absolute Gasteiger partial charge is 0.501 e. The number of sulfone groups is 1. The van der Waals surface area contributed by atoms with Crippen LogP contribution in [-0.4, -0.2) is 41.8 Å². The van der Waals surface area contributed by atoms with Gasteiger partial charge in [0.05, 0.1) is 27.2 Å². The first-order chi connectivity index (χ1) is 10.5. The number of hydrazine groups is 1. The Morgan fingerprint density at radius 3 is 2.30 bits per heavy atom. The van der Waals surface area contributed by atoms with E-state index in [1.807, 2.05) is 0 Å². The number of alkyl halides is 3. The van der Waals surface area contributed by atoms with Crippen LogP contribution in [0.1, 0.15) is 0 Å². The van der Waals surface area contributed by atoms with Crippen LogP contribution in [0.25, 0.3) is 0 Å². The summed E-state index contributed by atoms with van der Waals surface area (Å²) in [6.07, 6.45) is 0. The molecule has 128 valence electrons. The van der Waals surface area contributed by atoms with Gasteiger partial charge in [-0.2, -0.15) is 13.2 Å². The van der Waals surface area contributed by atoms with Gasteiger partial charge in [0.25, 0.3) is 9.84 Å². The van der Waals surface area contributed by atoms with E-state index in [2.05, 4.69) is 10.4 Å². The zero-order valence-corrected chi connectivity index (χ0v) is 14.1. The highest BCUT2D eigenvalue weighted by Gasteiger charge is 2.47. The van der Waals surface area contributed by atoms with Gasteiger partial charge in [-0.3, -0.25) is 15.6 Å². The number of amidine groups is 1. The van der Waals surface area contributed by atoms with Crippen LogP contribution in [0, 0.1) is 0 Å². The van der Waals surface area contributed by atoms with Crippen molar-refractivity contribution in [1.82, 2.24) is 5.17 Å². The molecule has 0 aromatic heterocycles. The molecule has 13 heteroatoms. The molecule has 0 bridgehead atoms. The van der Waals surface area contributed by atoms with Crippen molar-refractivity contribution in [3.63, 3.8) is 0 Å². The SMILES string of the molecule is O=S(=O)(c1cc(Cl)c(NN(O)C2=NCCS2)c(Cl)c1)C(F)(F)F. The summed E-state index contributed by atoms with van der Waals surface area (Å²) in [5, 5.41) is 9.65. The van der Waals surface area contributed by atoms with E-state index >= 15 is 0 Å². The standard InChI is InChI=1S/C10H8Cl2F3N3O3S2/c11-6-3-5(23(20,21)10(13,14)15)4-7(12)8(6)17-18(19)9-16-1-2-22-9/h3-4,17,19H,1-2H2. The van der Waals surface area contributed by atoms with Crippen molar-refractivity contribution in [2.45, 2.75) is 10.4 Å². The molecular weight excluding hydrogens is 402 g/mol. The number of halogens is 5. The van der Waals surface area contributed by atoms with E-state index in [4.69, 9.17) is 23.2 Å². The highest BCUT2D eigenvalue weighted by molar-refractivity contribution is 8.14. The van der Waals surface area contributed by atoms with Crippen molar-refractivity contribution in [1.29, 1.82) is 0 Å². The number of hydrogen-bond donors (Lipinski definition) is 2. The maximum atomic E-state index is 12.5. The summed E-state index contributed by atoms with van der Waals surface area (Å²) >= 11 is 12.8. The maximum Gasteiger partial charge on any atom is 0.501 e. The molecule has 0 fully saturated rings. The number of aliphatic imine (C=N–C) groups is 1. The zero-order valence-electron chi connectivity index (χ0n) is 10.9. The van der Waals surface area contributed by atoms with Crippen molar-refractivity contribution in [3.8, 4) is 0 Å². The highest BCUT2D eigenvalue weighted by Crippen LogP contribution is 2.38. The molecule has 0 radical (unpaired) electrons. The first kappa shape index (κ1) is 18.5. The summed E-state index contributed by atoms with van der Waals surface area (Å²) in [4.78, 5) is 2.85. The van der Waals surface area contributed by atoms with Gasteiger partial charge in [-0.05, 0) is 12.1 Å². The molecule has 0 saturated carbocycles. The van der Waals surface area contributed by atoms with Gasteiger partial charge in [-0.15, -0.1) is 5.17 Å². The first-order valence-electron chi connectivity index (χ1n) is 5.77. The monoisotopic (exact) mass is 409 g/mol. The Kier molecular flexibility index (Phi) is 5.26. The second-order valence-electron chi connectivity index (χ2n) is 4.15. The quantitative estimate of drug-likeness (QED) is 0.744. The van der Waals surface area contributed by atoms with Crippen LogP contribution in [0.3, 0.4) is 0 Å². The summed E-state index contributed by atoms with van der Waals surface area (Å²) < 4.78 is 60.3. The average molecular weight is 410 g/mol. The van der Waals surface area contributed by atoms with Crippen LogP contribution in [-0.2, 0) is 9.84 Å². The Morgan fingerprint density at radius 1 is 1.30 bits per heavy atom. The van der Waals surface area contributed by atoms with E-state index in [-0.39, 0.29) is 10.9 Å². The van der Waals surface area contributed by atoms with E-state index in [0.717, 1.165) is 0 Å². The Labute approximate surface area is 143 Å². The fourth-order valence-electron chi connectivity index (χ4n) is 1.55. The molecule has 1 aliphatic rings. The van der Waals surface area contributed by atoms with Gasteiger partial charge in [-0.1, -0.05) is 35.0 Å². The van der Waals surface area contributed by atoms with E-state index in [1.165, 1.54) is 11.8 Å². The number of anilines is 1. The minimum Gasteiger partial charge on any atom is -0.270 e. The zero-order chi connectivity index (χ0) is 17.4. The fourth-order valence-corrected chi connectivity index (χ4v) is 3.78. The fraction of sp³-hybridized carbons (Fsp3) is 0.300. The lowest BCUT2D eigenvalue weighted by molar-refractivity contribution is -0.0436. The average Bonchev–Trinajstić information content (AvgIpc) is 2.95.